The maximum Gasteiger partial charge on any atom is 0.132 e. The summed E-state index contributed by atoms with van der Waals surface area (Å²) in [5.74, 6) is 1.55. The van der Waals surface area contributed by atoms with E-state index in [0.29, 0.717) is 0 Å². The van der Waals surface area contributed by atoms with E-state index in [2.05, 4.69) is 25.6 Å². The highest BCUT2D eigenvalue weighted by molar-refractivity contribution is 5.60. The average molecular weight is 263 g/mol. The van der Waals surface area contributed by atoms with Crippen molar-refractivity contribution in [1.29, 1.82) is 0 Å². The first-order chi connectivity index (χ1) is 9.90. The van der Waals surface area contributed by atoms with Crippen molar-refractivity contribution >= 4 is 23.0 Å². The van der Waals surface area contributed by atoms with Gasteiger partial charge >= 0.3 is 0 Å². The standard InChI is InChI=1S/C15H13N5/c1-2-14(18-12-4-8-16-9-5-12)20-15(3-1)19-13-6-10-17-11-7-13/h1-11H,(H2,16,17,18,19,20). The zero-order valence-corrected chi connectivity index (χ0v) is 10.7. The molecular formula is C15H13N5. The topological polar surface area (TPSA) is 62.7 Å². The fraction of sp³-hybridized carbons (Fsp3) is 0. The van der Waals surface area contributed by atoms with Crippen LogP contribution < -0.4 is 10.6 Å². The monoisotopic (exact) mass is 263 g/mol. The summed E-state index contributed by atoms with van der Waals surface area (Å²) < 4.78 is 0. The van der Waals surface area contributed by atoms with E-state index in [1.54, 1.807) is 24.8 Å². The molecule has 0 aliphatic rings. The Kier molecular flexibility index (Phi) is 3.51. The van der Waals surface area contributed by atoms with Gasteiger partial charge in [0.25, 0.3) is 0 Å². The minimum Gasteiger partial charge on any atom is -0.340 e. The number of rotatable bonds is 4. The molecular weight excluding hydrogens is 250 g/mol. The molecule has 2 N–H and O–H groups in total. The minimum atomic E-state index is 0.773. The van der Waals surface area contributed by atoms with Crippen molar-refractivity contribution in [1.82, 2.24) is 15.0 Å². The van der Waals surface area contributed by atoms with E-state index in [1.165, 1.54) is 0 Å². The van der Waals surface area contributed by atoms with Crippen LogP contribution in [-0.2, 0) is 0 Å². The Morgan fingerprint density at radius 2 is 1.05 bits per heavy atom. The summed E-state index contributed by atoms with van der Waals surface area (Å²) in [7, 11) is 0. The van der Waals surface area contributed by atoms with Gasteiger partial charge in [-0.1, -0.05) is 6.07 Å². The molecule has 3 heterocycles. The van der Waals surface area contributed by atoms with Gasteiger partial charge in [-0.15, -0.1) is 0 Å². The molecule has 3 rings (SSSR count). The Balaban J connectivity index is 1.76. The Morgan fingerprint density at radius 1 is 0.600 bits per heavy atom. The molecule has 5 heteroatoms. The summed E-state index contributed by atoms with van der Waals surface area (Å²) in [5, 5.41) is 6.45. The smallest absolute Gasteiger partial charge is 0.132 e. The second-order valence-electron chi connectivity index (χ2n) is 4.13. The highest BCUT2D eigenvalue weighted by Gasteiger charge is 1.99. The Bertz CT molecular complexity index is 613. The molecule has 0 atom stereocenters. The van der Waals surface area contributed by atoms with Crippen LogP contribution in [-0.4, -0.2) is 15.0 Å². The summed E-state index contributed by atoms with van der Waals surface area (Å²) >= 11 is 0. The van der Waals surface area contributed by atoms with E-state index < -0.39 is 0 Å². The van der Waals surface area contributed by atoms with E-state index in [-0.39, 0.29) is 0 Å². The molecule has 98 valence electrons. The highest BCUT2D eigenvalue weighted by Crippen LogP contribution is 2.18. The largest absolute Gasteiger partial charge is 0.340 e. The lowest BCUT2D eigenvalue weighted by Gasteiger charge is -2.08. The highest BCUT2D eigenvalue weighted by atomic mass is 15.1. The Morgan fingerprint density at radius 3 is 1.50 bits per heavy atom. The van der Waals surface area contributed by atoms with Gasteiger partial charge < -0.3 is 10.6 Å². The van der Waals surface area contributed by atoms with Crippen molar-refractivity contribution in [3.8, 4) is 0 Å². The van der Waals surface area contributed by atoms with Gasteiger partial charge in [-0.25, -0.2) is 4.98 Å². The van der Waals surface area contributed by atoms with Crippen LogP contribution in [0.3, 0.4) is 0 Å². The predicted octanol–water partition coefficient (Wildman–Crippen LogP) is 3.36. The van der Waals surface area contributed by atoms with Crippen LogP contribution in [0.25, 0.3) is 0 Å². The molecule has 5 nitrogen and oxygen atoms in total. The second kappa shape index (κ2) is 5.79. The molecule has 0 amide bonds. The third kappa shape index (κ3) is 3.08. The van der Waals surface area contributed by atoms with Crippen LogP contribution in [0.15, 0.2) is 67.3 Å². The van der Waals surface area contributed by atoms with Gasteiger partial charge in [0.2, 0.25) is 0 Å². The zero-order valence-electron chi connectivity index (χ0n) is 10.7. The second-order valence-corrected chi connectivity index (χ2v) is 4.13. The van der Waals surface area contributed by atoms with Crippen molar-refractivity contribution in [3.05, 3.63) is 67.3 Å². The predicted molar refractivity (Wildman–Crippen MR) is 79.3 cm³/mol. The van der Waals surface area contributed by atoms with Gasteiger partial charge in [-0.2, -0.15) is 0 Å². The van der Waals surface area contributed by atoms with Crippen LogP contribution >= 0.6 is 0 Å². The molecule has 0 aromatic carbocycles. The molecule has 0 aliphatic carbocycles. The maximum absolute atomic E-state index is 4.50. The van der Waals surface area contributed by atoms with E-state index in [0.717, 1.165) is 23.0 Å². The molecule has 20 heavy (non-hydrogen) atoms. The molecule has 3 aromatic rings. The maximum atomic E-state index is 4.50. The molecule has 0 unspecified atom stereocenters. The quantitative estimate of drug-likeness (QED) is 0.755. The first-order valence-electron chi connectivity index (χ1n) is 6.21. The van der Waals surface area contributed by atoms with Crippen molar-refractivity contribution in [2.45, 2.75) is 0 Å². The zero-order chi connectivity index (χ0) is 13.6. The molecule has 0 fully saturated rings. The van der Waals surface area contributed by atoms with E-state index in [1.807, 2.05) is 42.5 Å². The number of hydrogen-bond donors (Lipinski definition) is 2. The molecule has 0 saturated heterocycles. The van der Waals surface area contributed by atoms with Crippen LogP contribution in [0.1, 0.15) is 0 Å². The summed E-state index contributed by atoms with van der Waals surface area (Å²) in [6.45, 7) is 0. The van der Waals surface area contributed by atoms with E-state index >= 15 is 0 Å². The van der Waals surface area contributed by atoms with E-state index in [9.17, 15) is 0 Å². The van der Waals surface area contributed by atoms with Gasteiger partial charge in [-0.05, 0) is 36.4 Å². The van der Waals surface area contributed by atoms with Crippen molar-refractivity contribution in [3.63, 3.8) is 0 Å². The molecule has 0 saturated carbocycles. The fourth-order valence-corrected chi connectivity index (χ4v) is 1.74. The molecule has 0 bridgehead atoms. The van der Waals surface area contributed by atoms with Gasteiger partial charge in [0.15, 0.2) is 0 Å². The molecule has 0 spiro atoms. The normalized spacial score (nSPS) is 10.0. The third-order valence-corrected chi connectivity index (χ3v) is 2.65. The number of anilines is 4. The lowest BCUT2D eigenvalue weighted by molar-refractivity contribution is 1.27. The molecule has 3 aromatic heterocycles. The van der Waals surface area contributed by atoms with Crippen molar-refractivity contribution in [2.75, 3.05) is 10.6 Å². The number of hydrogen-bond acceptors (Lipinski definition) is 5. The summed E-state index contributed by atoms with van der Waals surface area (Å²) in [6, 6.07) is 13.3. The van der Waals surface area contributed by atoms with Crippen molar-refractivity contribution in [2.24, 2.45) is 0 Å². The Hall–Kier alpha value is -2.95. The van der Waals surface area contributed by atoms with Crippen LogP contribution in [0, 0.1) is 0 Å². The Labute approximate surface area is 116 Å². The lowest BCUT2D eigenvalue weighted by atomic mass is 10.3. The first kappa shape index (κ1) is 12.1. The number of pyridine rings is 3. The SMILES string of the molecule is c1cc(Nc2ccncc2)nc(Nc2ccncc2)c1. The van der Waals surface area contributed by atoms with Gasteiger partial charge in [0.1, 0.15) is 11.6 Å². The summed E-state index contributed by atoms with van der Waals surface area (Å²) in [6.07, 6.45) is 6.95. The first-order valence-corrected chi connectivity index (χ1v) is 6.21. The van der Waals surface area contributed by atoms with Crippen LogP contribution in [0.4, 0.5) is 23.0 Å². The van der Waals surface area contributed by atoms with Crippen molar-refractivity contribution < 1.29 is 0 Å². The van der Waals surface area contributed by atoms with Gasteiger partial charge in [-0.3, -0.25) is 9.97 Å². The summed E-state index contributed by atoms with van der Waals surface area (Å²) in [5.41, 5.74) is 1.90. The van der Waals surface area contributed by atoms with Crippen LogP contribution in [0.5, 0.6) is 0 Å². The number of aromatic nitrogens is 3. The minimum absolute atomic E-state index is 0.773. The average Bonchev–Trinajstić information content (AvgIpc) is 2.50. The molecule has 0 radical (unpaired) electrons. The van der Waals surface area contributed by atoms with Gasteiger partial charge in [0, 0.05) is 36.2 Å². The number of nitrogens with one attached hydrogen (secondary N) is 2. The van der Waals surface area contributed by atoms with Gasteiger partial charge in [0.05, 0.1) is 0 Å². The molecule has 0 aliphatic heterocycles. The van der Waals surface area contributed by atoms with E-state index in [4.69, 9.17) is 0 Å². The number of nitrogens with zero attached hydrogens (tertiary/aromatic N) is 3. The summed E-state index contributed by atoms with van der Waals surface area (Å²) in [4.78, 5) is 12.5. The fourth-order valence-electron chi connectivity index (χ4n) is 1.74. The lowest BCUT2D eigenvalue weighted by Crippen LogP contribution is -1.97. The van der Waals surface area contributed by atoms with Crippen LogP contribution in [0.2, 0.25) is 0 Å². The third-order valence-electron chi connectivity index (χ3n) is 2.65.